The molecule has 1 aromatic carbocycles. The van der Waals surface area contributed by atoms with E-state index in [4.69, 9.17) is 0 Å². The van der Waals surface area contributed by atoms with Gasteiger partial charge in [0.25, 0.3) is 0 Å². The Balaban J connectivity index is 2.06. The standard InChI is InChI=1S/C13H20N2O2S/c1-4-14-18(16,17)11-7-5-10(6-8-11)15-12-9-13(12,2)3/h5-8,12,14-15H,4,9H2,1-3H3. The van der Waals surface area contributed by atoms with Crippen molar-refractivity contribution in [2.45, 2.75) is 38.1 Å². The molecule has 1 unspecified atom stereocenters. The molecule has 0 spiro atoms. The van der Waals surface area contributed by atoms with E-state index in [2.05, 4.69) is 23.9 Å². The average Bonchev–Trinajstić information content (AvgIpc) is 2.86. The van der Waals surface area contributed by atoms with Crippen LogP contribution in [0.2, 0.25) is 0 Å². The first-order valence-corrected chi connectivity index (χ1v) is 7.70. The van der Waals surface area contributed by atoms with Gasteiger partial charge in [0, 0.05) is 18.3 Å². The third-order valence-corrected chi connectivity index (χ3v) is 4.91. The smallest absolute Gasteiger partial charge is 0.240 e. The fourth-order valence-corrected chi connectivity index (χ4v) is 2.96. The maximum Gasteiger partial charge on any atom is 0.240 e. The molecule has 2 N–H and O–H groups in total. The van der Waals surface area contributed by atoms with E-state index in [0.29, 0.717) is 22.9 Å². The van der Waals surface area contributed by atoms with Crippen LogP contribution in [0.1, 0.15) is 27.2 Å². The molecule has 5 heteroatoms. The Morgan fingerprint density at radius 1 is 1.28 bits per heavy atom. The van der Waals surface area contributed by atoms with E-state index in [1.165, 1.54) is 0 Å². The summed E-state index contributed by atoms with van der Waals surface area (Å²) in [5, 5.41) is 3.40. The van der Waals surface area contributed by atoms with Crippen LogP contribution in [0.15, 0.2) is 29.2 Å². The lowest BCUT2D eigenvalue weighted by atomic mass is 10.2. The predicted octanol–water partition coefficient (Wildman–Crippen LogP) is 2.20. The van der Waals surface area contributed by atoms with Gasteiger partial charge in [-0.15, -0.1) is 0 Å². The molecule has 100 valence electrons. The van der Waals surface area contributed by atoms with E-state index in [1.54, 1.807) is 19.1 Å². The van der Waals surface area contributed by atoms with Gasteiger partial charge in [-0.05, 0) is 36.1 Å². The van der Waals surface area contributed by atoms with Crippen LogP contribution in [0.5, 0.6) is 0 Å². The molecule has 2 rings (SSSR count). The van der Waals surface area contributed by atoms with E-state index >= 15 is 0 Å². The first-order chi connectivity index (χ1) is 8.35. The van der Waals surface area contributed by atoms with Gasteiger partial charge in [-0.1, -0.05) is 20.8 Å². The second-order valence-corrected chi connectivity index (χ2v) is 7.18. The van der Waals surface area contributed by atoms with Crippen molar-refractivity contribution in [2.75, 3.05) is 11.9 Å². The van der Waals surface area contributed by atoms with Crippen molar-refractivity contribution in [3.63, 3.8) is 0 Å². The maximum absolute atomic E-state index is 11.7. The molecule has 0 aliphatic heterocycles. The Labute approximate surface area is 109 Å². The number of rotatable bonds is 5. The first-order valence-electron chi connectivity index (χ1n) is 6.21. The topological polar surface area (TPSA) is 58.2 Å². The van der Waals surface area contributed by atoms with Crippen molar-refractivity contribution >= 4 is 15.7 Å². The highest BCUT2D eigenvalue weighted by atomic mass is 32.2. The van der Waals surface area contributed by atoms with Crippen molar-refractivity contribution in [2.24, 2.45) is 5.41 Å². The van der Waals surface area contributed by atoms with Crippen molar-refractivity contribution < 1.29 is 8.42 Å². The van der Waals surface area contributed by atoms with Crippen LogP contribution in [-0.4, -0.2) is 21.0 Å². The molecule has 0 saturated heterocycles. The molecule has 0 bridgehead atoms. The van der Waals surface area contributed by atoms with Gasteiger partial charge in [0.05, 0.1) is 4.90 Å². The molecular weight excluding hydrogens is 248 g/mol. The molecule has 1 atom stereocenters. The number of anilines is 1. The third-order valence-electron chi connectivity index (χ3n) is 3.35. The van der Waals surface area contributed by atoms with E-state index in [-0.39, 0.29) is 0 Å². The van der Waals surface area contributed by atoms with Gasteiger partial charge < -0.3 is 5.32 Å². The van der Waals surface area contributed by atoms with Gasteiger partial charge in [0.15, 0.2) is 0 Å². The number of hydrogen-bond donors (Lipinski definition) is 2. The summed E-state index contributed by atoms with van der Waals surface area (Å²) in [7, 11) is -3.34. The lowest BCUT2D eigenvalue weighted by Gasteiger charge is -2.09. The molecule has 1 saturated carbocycles. The van der Waals surface area contributed by atoms with Crippen LogP contribution in [0.25, 0.3) is 0 Å². The van der Waals surface area contributed by atoms with Gasteiger partial charge in [0.1, 0.15) is 0 Å². The lowest BCUT2D eigenvalue weighted by Crippen LogP contribution is -2.23. The second kappa shape index (κ2) is 4.55. The molecule has 0 amide bonds. The summed E-state index contributed by atoms with van der Waals surface area (Å²) in [6.45, 7) is 6.60. The molecule has 0 radical (unpaired) electrons. The predicted molar refractivity (Wildman–Crippen MR) is 73.1 cm³/mol. The SMILES string of the molecule is CCNS(=O)(=O)c1ccc(NC2CC2(C)C)cc1. The van der Waals surface area contributed by atoms with Crippen molar-refractivity contribution in [1.29, 1.82) is 0 Å². The Bertz CT molecular complexity index is 520. The zero-order chi connectivity index (χ0) is 13.4. The van der Waals surface area contributed by atoms with E-state index < -0.39 is 10.0 Å². The zero-order valence-electron chi connectivity index (χ0n) is 11.0. The molecule has 4 nitrogen and oxygen atoms in total. The average molecular weight is 268 g/mol. The summed E-state index contributed by atoms with van der Waals surface area (Å²) in [5.74, 6) is 0. The van der Waals surface area contributed by atoms with Gasteiger partial charge in [0.2, 0.25) is 10.0 Å². The van der Waals surface area contributed by atoms with Crippen LogP contribution in [0, 0.1) is 5.41 Å². The lowest BCUT2D eigenvalue weighted by molar-refractivity contribution is 0.584. The highest BCUT2D eigenvalue weighted by Crippen LogP contribution is 2.46. The number of nitrogens with one attached hydrogen (secondary N) is 2. The number of benzene rings is 1. The van der Waals surface area contributed by atoms with Crippen LogP contribution in [0.3, 0.4) is 0 Å². The summed E-state index contributed by atoms with van der Waals surface area (Å²) in [6.07, 6.45) is 1.16. The molecule has 18 heavy (non-hydrogen) atoms. The monoisotopic (exact) mass is 268 g/mol. The Hall–Kier alpha value is -1.07. The van der Waals surface area contributed by atoms with Crippen LogP contribution in [0.4, 0.5) is 5.69 Å². The summed E-state index contributed by atoms with van der Waals surface area (Å²) < 4.78 is 26.0. The molecule has 1 fully saturated rings. The summed E-state index contributed by atoms with van der Waals surface area (Å²) in [6, 6.07) is 7.40. The minimum absolute atomic E-state index is 0.310. The van der Waals surface area contributed by atoms with Gasteiger partial charge in [-0.2, -0.15) is 0 Å². The second-order valence-electron chi connectivity index (χ2n) is 5.42. The summed E-state index contributed by atoms with van der Waals surface area (Å²) in [5.41, 5.74) is 1.33. The molecule has 1 aliphatic rings. The van der Waals surface area contributed by atoms with Crippen LogP contribution >= 0.6 is 0 Å². The third kappa shape index (κ3) is 2.84. The number of hydrogen-bond acceptors (Lipinski definition) is 3. The maximum atomic E-state index is 11.7. The van der Waals surface area contributed by atoms with Gasteiger partial charge >= 0.3 is 0 Å². The Morgan fingerprint density at radius 2 is 1.83 bits per heavy atom. The molecule has 0 aromatic heterocycles. The minimum atomic E-state index is -3.34. The highest BCUT2D eigenvalue weighted by Gasteiger charge is 2.45. The molecule has 1 aliphatic carbocycles. The van der Waals surface area contributed by atoms with E-state index in [9.17, 15) is 8.42 Å². The van der Waals surface area contributed by atoms with E-state index in [1.807, 2.05) is 12.1 Å². The van der Waals surface area contributed by atoms with Crippen molar-refractivity contribution in [3.8, 4) is 0 Å². The van der Waals surface area contributed by atoms with Gasteiger partial charge in [-0.25, -0.2) is 13.1 Å². The van der Waals surface area contributed by atoms with Crippen molar-refractivity contribution in [3.05, 3.63) is 24.3 Å². The van der Waals surface area contributed by atoms with Crippen LogP contribution < -0.4 is 10.0 Å². The summed E-state index contributed by atoms with van der Waals surface area (Å²) in [4.78, 5) is 0.310. The minimum Gasteiger partial charge on any atom is -0.382 e. The normalized spacial score (nSPS) is 21.6. The van der Waals surface area contributed by atoms with Crippen molar-refractivity contribution in [1.82, 2.24) is 4.72 Å². The fraction of sp³-hybridized carbons (Fsp3) is 0.538. The molecule has 1 aromatic rings. The Morgan fingerprint density at radius 3 is 2.28 bits per heavy atom. The van der Waals surface area contributed by atoms with Crippen LogP contribution in [-0.2, 0) is 10.0 Å². The Kier molecular flexibility index (Phi) is 3.38. The zero-order valence-corrected chi connectivity index (χ0v) is 11.8. The molecular formula is C13H20N2O2S. The van der Waals surface area contributed by atoms with Gasteiger partial charge in [-0.3, -0.25) is 0 Å². The summed E-state index contributed by atoms with van der Waals surface area (Å²) >= 11 is 0. The first kappa shape index (κ1) is 13.4. The quantitative estimate of drug-likeness (QED) is 0.860. The molecule has 0 heterocycles. The number of sulfonamides is 1. The fourth-order valence-electron chi connectivity index (χ4n) is 1.92. The highest BCUT2D eigenvalue weighted by molar-refractivity contribution is 7.89. The largest absolute Gasteiger partial charge is 0.382 e. The van der Waals surface area contributed by atoms with E-state index in [0.717, 1.165) is 12.1 Å².